The molecular weight excluding hydrogens is 320 g/mol. The minimum Gasteiger partial charge on any atom is -0.497 e. The maximum Gasteiger partial charge on any atom is 0.234 e. The minimum atomic E-state index is 0.683. The molecule has 0 saturated heterocycles. The molecule has 0 fully saturated rings. The molecule has 0 bridgehead atoms. The van der Waals surface area contributed by atoms with Gasteiger partial charge in [0, 0.05) is 12.0 Å². The number of aromatic nitrogens is 4. The van der Waals surface area contributed by atoms with Crippen LogP contribution in [0.3, 0.4) is 0 Å². The van der Waals surface area contributed by atoms with Gasteiger partial charge in [0.15, 0.2) is 5.82 Å². The first-order valence-electron chi connectivity index (χ1n) is 7.64. The molecule has 2 heterocycles. The molecule has 5 nitrogen and oxygen atoms in total. The highest BCUT2D eigenvalue weighted by molar-refractivity contribution is 7.19. The summed E-state index contributed by atoms with van der Waals surface area (Å²) in [7, 11) is 1.67. The molecule has 6 heteroatoms. The minimum absolute atomic E-state index is 0.683. The molecule has 0 radical (unpaired) electrons. The topological polar surface area (TPSA) is 52.3 Å². The Morgan fingerprint density at radius 3 is 2.67 bits per heavy atom. The third-order valence-corrected chi connectivity index (χ3v) is 4.79. The van der Waals surface area contributed by atoms with E-state index in [4.69, 9.17) is 9.84 Å². The zero-order valence-corrected chi connectivity index (χ0v) is 14.2. The average molecular weight is 336 g/mol. The number of benzene rings is 2. The van der Waals surface area contributed by atoms with E-state index in [0.717, 1.165) is 32.7 Å². The summed E-state index contributed by atoms with van der Waals surface area (Å²) in [4.78, 5) is 0.815. The first-order valence-corrected chi connectivity index (χ1v) is 8.45. The number of nitrogens with zero attached hydrogens (tertiary/aromatic N) is 4. The number of methoxy groups -OCH3 is 1. The lowest BCUT2D eigenvalue weighted by atomic mass is 10.1. The summed E-state index contributed by atoms with van der Waals surface area (Å²) in [5, 5.41) is 14.2. The second-order valence-corrected chi connectivity index (χ2v) is 6.57. The van der Waals surface area contributed by atoms with Gasteiger partial charge in [-0.2, -0.15) is 9.61 Å². The molecule has 2 aromatic carbocycles. The predicted octanol–water partition coefficient (Wildman–Crippen LogP) is 3.76. The van der Waals surface area contributed by atoms with Crippen LogP contribution in [0.1, 0.15) is 17.0 Å². The quantitative estimate of drug-likeness (QED) is 0.569. The van der Waals surface area contributed by atoms with E-state index in [1.54, 1.807) is 18.4 Å². The third-order valence-electron chi connectivity index (χ3n) is 3.84. The summed E-state index contributed by atoms with van der Waals surface area (Å²) in [6, 6.07) is 16.3. The van der Waals surface area contributed by atoms with Crippen LogP contribution in [0.25, 0.3) is 15.5 Å². The maximum atomic E-state index is 5.19. The van der Waals surface area contributed by atoms with Crippen molar-refractivity contribution in [2.24, 2.45) is 0 Å². The first-order chi connectivity index (χ1) is 11.7. The van der Waals surface area contributed by atoms with Crippen LogP contribution >= 0.6 is 11.3 Å². The monoisotopic (exact) mass is 336 g/mol. The fourth-order valence-corrected chi connectivity index (χ4v) is 3.44. The van der Waals surface area contributed by atoms with Crippen LogP contribution in [0.2, 0.25) is 0 Å². The van der Waals surface area contributed by atoms with Gasteiger partial charge in [0.1, 0.15) is 10.8 Å². The van der Waals surface area contributed by atoms with Gasteiger partial charge in [0.25, 0.3) is 0 Å². The Bertz CT molecular complexity index is 988. The number of aryl methyl sites for hydroxylation is 1. The smallest absolute Gasteiger partial charge is 0.234 e. The van der Waals surface area contributed by atoms with E-state index >= 15 is 0 Å². The average Bonchev–Trinajstić information content (AvgIpc) is 3.18. The second-order valence-electron chi connectivity index (χ2n) is 5.61. The lowest BCUT2D eigenvalue weighted by molar-refractivity contribution is 0.414. The summed E-state index contributed by atoms with van der Waals surface area (Å²) >= 11 is 1.55. The van der Waals surface area contributed by atoms with Crippen LogP contribution < -0.4 is 4.74 Å². The Morgan fingerprint density at radius 1 is 1.08 bits per heavy atom. The van der Waals surface area contributed by atoms with Crippen molar-refractivity contribution < 1.29 is 4.74 Å². The Morgan fingerprint density at radius 2 is 1.92 bits per heavy atom. The highest BCUT2D eigenvalue weighted by atomic mass is 32.1. The van der Waals surface area contributed by atoms with E-state index in [1.165, 1.54) is 5.56 Å². The first kappa shape index (κ1) is 14.8. The Hall–Kier alpha value is -2.73. The van der Waals surface area contributed by atoms with Gasteiger partial charge in [-0.05, 0) is 30.7 Å². The van der Waals surface area contributed by atoms with Gasteiger partial charge < -0.3 is 4.74 Å². The summed E-state index contributed by atoms with van der Waals surface area (Å²) in [6.07, 6.45) is 0.683. The predicted molar refractivity (Wildman–Crippen MR) is 94.6 cm³/mol. The molecule has 0 unspecified atom stereocenters. The van der Waals surface area contributed by atoms with Crippen molar-refractivity contribution in [2.75, 3.05) is 7.11 Å². The Balaban J connectivity index is 1.66. The van der Waals surface area contributed by atoms with Crippen LogP contribution in [0, 0.1) is 6.92 Å². The van der Waals surface area contributed by atoms with Gasteiger partial charge in [-0.15, -0.1) is 10.2 Å². The van der Waals surface area contributed by atoms with E-state index in [2.05, 4.69) is 35.3 Å². The normalized spacial score (nSPS) is 11.1. The number of fused-ring (bicyclic) bond motifs is 1. The van der Waals surface area contributed by atoms with Crippen molar-refractivity contribution in [2.45, 2.75) is 13.3 Å². The third kappa shape index (κ3) is 2.76. The lowest BCUT2D eigenvalue weighted by Gasteiger charge is -2.01. The van der Waals surface area contributed by atoms with Crippen LogP contribution in [-0.2, 0) is 6.42 Å². The van der Waals surface area contributed by atoms with Crippen molar-refractivity contribution in [3.05, 3.63) is 65.5 Å². The molecule has 24 heavy (non-hydrogen) atoms. The molecule has 4 aromatic rings. The highest BCUT2D eigenvalue weighted by Crippen LogP contribution is 2.26. The van der Waals surface area contributed by atoms with E-state index in [0.29, 0.717) is 6.42 Å². The molecule has 0 amide bonds. The van der Waals surface area contributed by atoms with E-state index in [-0.39, 0.29) is 0 Å². The van der Waals surface area contributed by atoms with Gasteiger partial charge in [0.2, 0.25) is 4.96 Å². The fraction of sp³-hybridized carbons (Fsp3) is 0.167. The second kappa shape index (κ2) is 6.05. The fourth-order valence-electron chi connectivity index (χ4n) is 2.59. The van der Waals surface area contributed by atoms with Crippen molar-refractivity contribution in [3.63, 3.8) is 0 Å². The van der Waals surface area contributed by atoms with Gasteiger partial charge in [0.05, 0.1) is 7.11 Å². The number of ether oxygens (including phenoxy) is 1. The molecule has 0 aliphatic carbocycles. The van der Waals surface area contributed by atoms with Crippen molar-refractivity contribution in [1.29, 1.82) is 0 Å². The molecular formula is C18H16N4OS. The zero-order valence-electron chi connectivity index (χ0n) is 13.4. The van der Waals surface area contributed by atoms with Crippen molar-refractivity contribution in [1.82, 2.24) is 19.8 Å². The molecule has 0 aliphatic heterocycles. The maximum absolute atomic E-state index is 5.19. The molecule has 0 saturated carbocycles. The summed E-state index contributed by atoms with van der Waals surface area (Å²) in [6.45, 7) is 2.08. The zero-order chi connectivity index (χ0) is 16.5. The number of rotatable bonds is 4. The largest absolute Gasteiger partial charge is 0.497 e. The molecule has 4 rings (SSSR count). The SMILES string of the molecule is COc1ccc(Cc2nnc3sc(-c4cccc(C)c4)nn23)cc1. The van der Waals surface area contributed by atoms with Crippen molar-refractivity contribution in [3.8, 4) is 16.3 Å². The van der Waals surface area contributed by atoms with Gasteiger partial charge in [-0.25, -0.2) is 0 Å². The van der Waals surface area contributed by atoms with Crippen LogP contribution in [0.15, 0.2) is 48.5 Å². The van der Waals surface area contributed by atoms with Gasteiger partial charge >= 0.3 is 0 Å². The summed E-state index contributed by atoms with van der Waals surface area (Å²) < 4.78 is 7.03. The lowest BCUT2D eigenvalue weighted by Crippen LogP contribution is -1.98. The standard InChI is InChI=1S/C18H16N4OS/c1-12-4-3-5-14(10-12)17-21-22-16(19-20-18(22)24-17)11-13-6-8-15(23-2)9-7-13/h3-10H,11H2,1-2H3. The highest BCUT2D eigenvalue weighted by Gasteiger charge is 2.13. The molecule has 2 aromatic heterocycles. The molecule has 0 spiro atoms. The molecule has 120 valence electrons. The van der Waals surface area contributed by atoms with Gasteiger partial charge in [-0.1, -0.05) is 47.2 Å². The van der Waals surface area contributed by atoms with Crippen LogP contribution in [0.4, 0.5) is 0 Å². The van der Waals surface area contributed by atoms with Crippen LogP contribution in [-0.4, -0.2) is 26.9 Å². The van der Waals surface area contributed by atoms with Crippen molar-refractivity contribution >= 4 is 16.3 Å². The van der Waals surface area contributed by atoms with Gasteiger partial charge in [-0.3, -0.25) is 0 Å². The van der Waals surface area contributed by atoms with E-state index in [9.17, 15) is 0 Å². The number of hydrogen-bond acceptors (Lipinski definition) is 5. The van der Waals surface area contributed by atoms with E-state index < -0.39 is 0 Å². The van der Waals surface area contributed by atoms with Crippen LogP contribution in [0.5, 0.6) is 5.75 Å². The summed E-state index contributed by atoms with van der Waals surface area (Å²) in [5.41, 5.74) is 3.48. The Kier molecular flexibility index (Phi) is 3.74. The summed E-state index contributed by atoms with van der Waals surface area (Å²) in [5.74, 6) is 1.69. The molecule has 0 atom stereocenters. The Labute approximate surface area is 143 Å². The molecule has 0 aliphatic rings. The molecule has 0 N–H and O–H groups in total. The van der Waals surface area contributed by atoms with E-state index in [1.807, 2.05) is 34.8 Å². The number of hydrogen-bond donors (Lipinski definition) is 0.